The average molecular weight is 673 g/mol. The summed E-state index contributed by atoms with van der Waals surface area (Å²) in [5, 5.41) is 38.2. The minimum Gasteiger partial charge on any atom is -0.479 e. The third kappa shape index (κ3) is 6.67. The van der Waals surface area contributed by atoms with Gasteiger partial charge in [-0.2, -0.15) is 9.97 Å². The minimum absolute atomic E-state index is 0.0880. The van der Waals surface area contributed by atoms with Crippen LogP contribution in [0.4, 0.5) is 5.95 Å². The molecule has 1 aliphatic carbocycles. The minimum atomic E-state index is -4.34. The van der Waals surface area contributed by atoms with Crippen molar-refractivity contribution in [1.82, 2.24) is 24.6 Å². The van der Waals surface area contributed by atoms with E-state index in [1.807, 2.05) is 44.2 Å². The van der Waals surface area contributed by atoms with Crippen LogP contribution in [-0.4, -0.2) is 84.8 Å². The number of benzene rings is 2. The van der Waals surface area contributed by atoms with Crippen LogP contribution in [0.15, 0.2) is 48.8 Å². The molecule has 1 aliphatic heterocycles. The average Bonchev–Trinajstić information content (AvgIpc) is 3.53. The van der Waals surface area contributed by atoms with E-state index in [4.69, 9.17) is 29.0 Å². The van der Waals surface area contributed by atoms with Gasteiger partial charge in [0, 0.05) is 5.39 Å². The Morgan fingerprint density at radius 2 is 1.94 bits per heavy atom. The molecule has 7 atom stereocenters. The molecule has 0 amide bonds. The highest BCUT2D eigenvalue weighted by molar-refractivity contribution is 7.52. The van der Waals surface area contributed by atoms with Gasteiger partial charge in [0.15, 0.2) is 23.7 Å². The predicted molar refractivity (Wildman–Crippen MR) is 171 cm³/mol. The van der Waals surface area contributed by atoms with E-state index in [1.54, 1.807) is 12.1 Å². The third-order valence-corrected chi connectivity index (χ3v) is 10.2. The zero-order chi connectivity index (χ0) is 33.5. The molecule has 47 heavy (non-hydrogen) atoms. The molecule has 3 heterocycles. The van der Waals surface area contributed by atoms with Crippen molar-refractivity contribution in [3.05, 3.63) is 48.8 Å². The number of nitrogens with two attached hydrogens (primary N) is 1. The molecule has 16 heteroatoms. The summed E-state index contributed by atoms with van der Waals surface area (Å²) < 4.78 is 45.4. The summed E-state index contributed by atoms with van der Waals surface area (Å²) in [7, 11) is -2.92. The zero-order valence-electron chi connectivity index (χ0n) is 26.6. The van der Waals surface area contributed by atoms with E-state index >= 15 is 0 Å². The van der Waals surface area contributed by atoms with Crippen molar-refractivity contribution in [2.75, 3.05) is 19.5 Å². The lowest BCUT2D eigenvalue weighted by Gasteiger charge is -2.35. The number of nitrogens with one attached hydrogen (secondary N) is 1. The van der Waals surface area contributed by atoms with Gasteiger partial charge in [0.1, 0.15) is 23.6 Å². The molecule has 15 nitrogen and oxygen atoms in total. The van der Waals surface area contributed by atoms with E-state index in [9.17, 15) is 19.9 Å². The molecule has 4 aromatic rings. The molecule has 2 aromatic carbocycles. The Labute approximate surface area is 271 Å². The summed E-state index contributed by atoms with van der Waals surface area (Å²) >= 11 is 0. The summed E-state index contributed by atoms with van der Waals surface area (Å²) in [6.07, 6.45) is -1.25. The number of nitrogen functional groups attached to an aromatic ring is 1. The van der Waals surface area contributed by atoms with Crippen LogP contribution in [0.1, 0.15) is 46.3 Å². The quantitative estimate of drug-likeness (QED) is 0.102. The first kappa shape index (κ1) is 33.5. The van der Waals surface area contributed by atoms with Crippen molar-refractivity contribution in [2.45, 2.75) is 82.5 Å². The molecule has 2 aromatic heterocycles. The van der Waals surface area contributed by atoms with Gasteiger partial charge in [-0.3, -0.25) is 9.09 Å². The lowest BCUT2D eigenvalue weighted by Crippen LogP contribution is -2.47. The van der Waals surface area contributed by atoms with Crippen molar-refractivity contribution < 1.29 is 43.1 Å². The first-order valence-corrected chi connectivity index (χ1v) is 17.1. The number of ether oxygens (including phenoxy) is 3. The fourth-order valence-electron chi connectivity index (χ4n) is 5.78. The Balaban J connectivity index is 1.28. The molecular weight excluding hydrogens is 631 g/mol. The van der Waals surface area contributed by atoms with Gasteiger partial charge >= 0.3 is 7.75 Å². The molecule has 1 saturated heterocycles. The van der Waals surface area contributed by atoms with E-state index < -0.39 is 50.7 Å². The van der Waals surface area contributed by atoms with Gasteiger partial charge in [-0.1, -0.05) is 50.2 Å². The van der Waals surface area contributed by atoms with Crippen molar-refractivity contribution in [2.24, 2.45) is 5.92 Å². The number of imidazole rings is 1. The molecule has 1 saturated carbocycles. The van der Waals surface area contributed by atoms with Gasteiger partial charge in [0.2, 0.25) is 11.8 Å². The van der Waals surface area contributed by atoms with Crippen LogP contribution in [0.25, 0.3) is 21.9 Å². The van der Waals surface area contributed by atoms with Crippen LogP contribution >= 0.6 is 7.75 Å². The second-order valence-corrected chi connectivity index (χ2v) is 14.1. The molecule has 254 valence electrons. The number of rotatable bonds is 13. The number of aromatic nitrogens is 4. The van der Waals surface area contributed by atoms with Crippen molar-refractivity contribution in [1.29, 1.82) is 0 Å². The van der Waals surface area contributed by atoms with Crippen LogP contribution in [0.5, 0.6) is 11.6 Å². The van der Waals surface area contributed by atoms with Gasteiger partial charge in [0.05, 0.1) is 32.2 Å². The number of fused-ring (bicyclic) bond motifs is 2. The molecular formula is C31H41N6O9P. The number of nitrogens with zero attached hydrogens (tertiary/aromatic N) is 4. The van der Waals surface area contributed by atoms with Crippen LogP contribution in [0, 0.1) is 5.92 Å². The van der Waals surface area contributed by atoms with Gasteiger partial charge in [0.25, 0.3) is 0 Å². The SMILES string of the molecule is COc1nc(N)nc2c1ncn2C1OC(COP(=O)(NC(C(C)C)C(O)OC2CCC2)Oc2cccc3ccccc23)C(O)C1(C)O. The molecule has 0 radical (unpaired) electrons. The molecule has 0 bridgehead atoms. The first-order valence-electron chi connectivity index (χ1n) is 15.5. The van der Waals surface area contributed by atoms with Gasteiger partial charge in [-0.15, -0.1) is 0 Å². The van der Waals surface area contributed by atoms with E-state index in [1.165, 1.54) is 24.9 Å². The predicted octanol–water partition coefficient (Wildman–Crippen LogP) is 3.29. The Bertz CT molecular complexity index is 1760. The number of methoxy groups -OCH3 is 1. The van der Waals surface area contributed by atoms with Gasteiger partial charge < -0.3 is 39.8 Å². The summed E-state index contributed by atoms with van der Waals surface area (Å²) in [5.41, 5.74) is 4.47. The third-order valence-electron chi connectivity index (χ3n) is 8.70. The van der Waals surface area contributed by atoms with Gasteiger partial charge in [-0.05, 0) is 43.6 Å². The maximum absolute atomic E-state index is 14.7. The lowest BCUT2D eigenvalue weighted by atomic mass is 9.96. The summed E-state index contributed by atoms with van der Waals surface area (Å²) in [6, 6.07) is 11.9. The highest BCUT2D eigenvalue weighted by Crippen LogP contribution is 2.49. The summed E-state index contributed by atoms with van der Waals surface area (Å²) in [4.78, 5) is 12.5. The standard InChI is InChI=1S/C31H41N6O9P/c1-17(2)23(28(39)44-19-11-8-12-19)36-47(41,46-21-14-7-10-18-9-5-6-13-20(18)21)43-15-22-25(38)31(3,40)29(45-22)37-16-33-24-26(37)34-30(32)35-27(24)42-4/h5-7,9-10,13-14,16-17,19,22-23,25,28-29,38-40H,8,11-12,15H2,1-4H3,(H,36,41)(H2,32,34,35). The fraction of sp³-hybridized carbons (Fsp3) is 0.516. The Kier molecular flexibility index (Phi) is 9.44. The number of hydrogen-bond acceptors (Lipinski definition) is 13. The fourth-order valence-corrected chi connectivity index (χ4v) is 7.51. The van der Waals surface area contributed by atoms with Crippen molar-refractivity contribution >= 4 is 35.6 Å². The van der Waals surface area contributed by atoms with Crippen LogP contribution in [0.2, 0.25) is 0 Å². The first-order chi connectivity index (χ1) is 22.4. The Morgan fingerprint density at radius 1 is 1.19 bits per heavy atom. The number of aliphatic hydroxyl groups excluding tert-OH is 2. The van der Waals surface area contributed by atoms with Crippen molar-refractivity contribution in [3.63, 3.8) is 0 Å². The summed E-state index contributed by atoms with van der Waals surface area (Å²) in [6.45, 7) is 4.61. The lowest BCUT2D eigenvalue weighted by molar-refractivity contribution is -0.174. The topological polar surface area (TPSA) is 206 Å². The number of anilines is 1. The van der Waals surface area contributed by atoms with Gasteiger partial charge in [-0.25, -0.2) is 14.6 Å². The molecule has 2 aliphatic rings. The molecule has 6 N–H and O–H groups in total. The molecule has 2 fully saturated rings. The highest BCUT2D eigenvalue weighted by Gasteiger charge is 2.54. The van der Waals surface area contributed by atoms with E-state index in [-0.39, 0.29) is 40.8 Å². The van der Waals surface area contributed by atoms with Crippen LogP contribution < -0.4 is 20.1 Å². The zero-order valence-corrected chi connectivity index (χ0v) is 27.5. The second kappa shape index (κ2) is 13.2. The van der Waals surface area contributed by atoms with Crippen LogP contribution in [0.3, 0.4) is 0 Å². The van der Waals surface area contributed by atoms with Crippen LogP contribution in [-0.2, 0) is 18.6 Å². The largest absolute Gasteiger partial charge is 0.479 e. The molecule has 7 unspecified atom stereocenters. The monoisotopic (exact) mass is 672 g/mol. The number of hydrogen-bond donors (Lipinski definition) is 5. The van der Waals surface area contributed by atoms with E-state index in [2.05, 4.69) is 20.0 Å². The summed E-state index contributed by atoms with van der Waals surface area (Å²) in [5.74, 6) is 0.0715. The second-order valence-electron chi connectivity index (χ2n) is 12.5. The smallest absolute Gasteiger partial charge is 0.459 e. The van der Waals surface area contributed by atoms with E-state index in [0.717, 1.165) is 24.6 Å². The molecule has 6 rings (SSSR count). The number of aliphatic hydroxyl groups is 3. The highest BCUT2D eigenvalue weighted by atomic mass is 31.2. The van der Waals surface area contributed by atoms with Crippen molar-refractivity contribution in [3.8, 4) is 11.6 Å². The normalized spacial score (nSPS) is 25.9. The maximum atomic E-state index is 14.7. The maximum Gasteiger partial charge on any atom is 0.459 e. The van der Waals surface area contributed by atoms with E-state index in [0.29, 0.717) is 5.39 Å². The Morgan fingerprint density at radius 3 is 2.64 bits per heavy atom. The molecule has 0 spiro atoms. The Hall–Kier alpha value is -3.40.